The molecule has 0 radical (unpaired) electrons. The zero-order valence-electron chi connectivity index (χ0n) is 13.0. The second-order valence-corrected chi connectivity index (χ2v) is 5.41. The lowest BCUT2D eigenvalue weighted by Crippen LogP contribution is -2.37. The van der Waals surface area contributed by atoms with Crippen molar-refractivity contribution in [3.05, 3.63) is 70.2 Å². The number of nitriles is 1. The summed E-state index contributed by atoms with van der Waals surface area (Å²) in [6, 6.07) is 17.5. The fourth-order valence-electron chi connectivity index (χ4n) is 2.17. The molecule has 0 fully saturated rings. The maximum atomic E-state index is 8.92. The van der Waals surface area contributed by atoms with E-state index in [1.54, 1.807) is 13.1 Å². The minimum absolute atomic E-state index is 0.612. The number of halogens is 1. The highest BCUT2D eigenvalue weighted by Gasteiger charge is 2.01. The van der Waals surface area contributed by atoms with Gasteiger partial charge in [0, 0.05) is 25.2 Å². The summed E-state index contributed by atoms with van der Waals surface area (Å²) in [7, 11) is 1.73. The lowest BCUT2D eigenvalue weighted by Gasteiger charge is -2.12. The quantitative estimate of drug-likeness (QED) is 0.655. The highest BCUT2D eigenvalue weighted by Crippen LogP contribution is 2.14. The summed E-state index contributed by atoms with van der Waals surface area (Å²) < 4.78 is 0. The molecule has 0 aliphatic rings. The predicted octanol–water partition coefficient (Wildman–Crippen LogP) is 3.12. The first-order valence-corrected chi connectivity index (χ1v) is 7.77. The van der Waals surface area contributed by atoms with E-state index in [0.717, 1.165) is 35.1 Å². The van der Waals surface area contributed by atoms with Crippen LogP contribution in [0.15, 0.2) is 53.5 Å². The molecule has 0 heterocycles. The van der Waals surface area contributed by atoms with Crippen LogP contribution in [0.3, 0.4) is 0 Å². The predicted molar refractivity (Wildman–Crippen MR) is 94.5 cm³/mol. The molecule has 0 aliphatic heterocycles. The Morgan fingerprint density at radius 2 is 2.00 bits per heavy atom. The van der Waals surface area contributed by atoms with Crippen molar-refractivity contribution in [1.29, 1.82) is 5.26 Å². The van der Waals surface area contributed by atoms with Crippen LogP contribution in [0.5, 0.6) is 0 Å². The van der Waals surface area contributed by atoms with Gasteiger partial charge in [-0.15, -0.1) is 0 Å². The van der Waals surface area contributed by atoms with Gasteiger partial charge >= 0.3 is 0 Å². The molecular weight excluding hydrogens is 308 g/mol. The third-order valence-corrected chi connectivity index (χ3v) is 3.75. The summed E-state index contributed by atoms with van der Waals surface area (Å²) >= 11 is 6.14. The van der Waals surface area contributed by atoms with Crippen molar-refractivity contribution in [1.82, 2.24) is 10.6 Å². The first-order valence-electron chi connectivity index (χ1n) is 7.40. The van der Waals surface area contributed by atoms with E-state index in [4.69, 9.17) is 16.9 Å². The number of aliphatic imine (C=N–C) groups is 1. The van der Waals surface area contributed by atoms with Crippen LogP contribution in [0.2, 0.25) is 5.02 Å². The minimum atomic E-state index is 0.612. The standard InChI is InChI=1S/C18H19ClN4/c1-21-18(22-10-9-16-7-2-3-8-17(16)19)23-13-15-6-4-5-14(11-15)12-20/h2-8,11H,9-10,13H2,1H3,(H2,21,22,23). The fourth-order valence-corrected chi connectivity index (χ4v) is 2.40. The molecule has 0 amide bonds. The average Bonchev–Trinajstić information content (AvgIpc) is 2.59. The molecule has 0 bridgehead atoms. The Kier molecular flexibility index (Phi) is 6.46. The van der Waals surface area contributed by atoms with Crippen molar-refractivity contribution in [2.24, 2.45) is 4.99 Å². The summed E-state index contributed by atoms with van der Waals surface area (Å²) in [4.78, 5) is 4.20. The first kappa shape index (κ1) is 16.9. The molecular formula is C18H19ClN4. The van der Waals surface area contributed by atoms with Gasteiger partial charge in [-0.05, 0) is 35.7 Å². The van der Waals surface area contributed by atoms with Crippen LogP contribution in [-0.2, 0) is 13.0 Å². The topological polar surface area (TPSA) is 60.2 Å². The molecule has 0 aliphatic carbocycles. The van der Waals surface area contributed by atoms with Gasteiger partial charge in [0.25, 0.3) is 0 Å². The first-order chi connectivity index (χ1) is 11.2. The Labute approximate surface area is 141 Å². The zero-order valence-corrected chi connectivity index (χ0v) is 13.8. The molecule has 0 atom stereocenters. The zero-order chi connectivity index (χ0) is 16.5. The Morgan fingerprint density at radius 1 is 1.17 bits per heavy atom. The average molecular weight is 327 g/mol. The largest absolute Gasteiger partial charge is 0.356 e. The molecule has 0 spiro atoms. The summed E-state index contributed by atoms with van der Waals surface area (Å²) in [5, 5.41) is 16.2. The van der Waals surface area contributed by atoms with Gasteiger partial charge in [0.2, 0.25) is 0 Å². The van der Waals surface area contributed by atoms with Gasteiger partial charge in [0.1, 0.15) is 0 Å². The van der Waals surface area contributed by atoms with Gasteiger partial charge in [0.15, 0.2) is 5.96 Å². The maximum absolute atomic E-state index is 8.92. The SMILES string of the molecule is CN=C(NCCc1ccccc1Cl)NCc1cccc(C#N)c1. The van der Waals surface area contributed by atoms with Crippen molar-refractivity contribution in [3.8, 4) is 6.07 Å². The Morgan fingerprint density at radius 3 is 2.74 bits per heavy atom. The number of hydrogen-bond acceptors (Lipinski definition) is 2. The minimum Gasteiger partial charge on any atom is -0.356 e. The van der Waals surface area contributed by atoms with E-state index >= 15 is 0 Å². The summed E-state index contributed by atoms with van der Waals surface area (Å²) in [6.45, 7) is 1.35. The molecule has 4 nitrogen and oxygen atoms in total. The summed E-state index contributed by atoms with van der Waals surface area (Å²) in [5.41, 5.74) is 2.81. The number of nitrogens with one attached hydrogen (secondary N) is 2. The monoisotopic (exact) mass is 326 g/mol. The molecule has 23 heavy (non-hydrogen) atoms. The van der Waals surface area contributed by atoms with Crippen LogP contribution < -0.4 is 10.6 Å². The summed E-state index contributed by atoms with van der Waals surface area (Å²) in [5.74, 6) is 0.722. The molecule has 0 saturated carbocycles. The van der Waals surface area contributed by atoms with E-state index in [1.165, 1.54) is 0 Å². The van der Waals surface area contributed by atoms with Gasteiger partial charge in [-0.3, -0.25) is 4.99 Å². The Hall–Kier alpha value is -2.51. The third kappa shape index (κ3) is 5.32. The molecule has 0 unspecified atom stereocenters. The number of rotatable bonds is 5. The molecule has 2 N–H and O–H groups in total. The van der Waals surface area contributed by atoms with Crippen LogP contribution in [0.4, 0.5) is 0 Å². The molecule has 2 aromatic rings. The smallest absolute Gasteiger partial charge is 0.191 e. The van der Waals surface area contributed by atoms with Crippen molar-refractivity contribution in [2.45, 2.75) is 13.0 Å². The summed E-state index contributed by atoms with van der Waals surface area (Å²) in [6.07, 6.45) is 0.824. The van der Waals surface area contributed by atoms with Crippen LogP contribution in [0.25, 0.3) is 0 Å². The number of benzene rings is 2. The number of nitrogens with zero attached hydrogens (tertiary/aromatic N) is 2. The van der Waals surface area contributed by atoms with Gasteiger partial charge in [-0.1, -0.05) is 41.9 Å². The van der Waals surface area contributed by atoms with E-state index in [9.17, 15) is 0 Å². The molecule has 2 aromatic carbocycles. The van der Waals surface area contributed by atoms with Crippen LogP contribution in [0.1, 0.15) is 16.7 Å². The van der Waals surface area contributed by atoms with Crippen molar-refractivity contribution in [2.75, 3.05) is 13.6 Å². The normalized spacial score (nSPS) is 10.9. The molecule has 5 heteroatoms. The van der Waals surface area contributed by atoms with Crippen LogP contribution >= 0.6 is 11.6 Å². The van der Waals surface area contributed by atoms with Gasteiger partial charge in [-0.25, -0.2) is 0 Å². The van der Waals surface area contributed by atoms with E-state index in [0.29, 0.717) is 12.1 Å². The Balaban J connectivity index is 1.82. The highest BCUT2D eigenvalue weighted by atomic mass is 35.5. The van der Waals surface area contributed by atoms with Crippen molar-refractivity contribution >= 4 is 17.6 Å². The Bertz CT molecular complexity index is 719. The molecule has 118 valence electrons. The van der Waals surface area contributed by atoms with E-state index in [2.05, 4.69) is 21.7 Å². The number of hydrogen-bond donors (Lipinski definition) is 2. The second-order valence-electron chi connectivity index (χ2n) is 5.01. The lowest BCUT2D eigenvalue weighted by atomic mass is 10.1. The van der Waals surface area contributed by atoms with E-state index in [1.807, 2.05) is 42.5 Å². The molecule has 0 aromatic heterocycles. The van der Waals surface area contributed by atoms with Gasteiger partial charge in [-0.2, -0.15) is 5.26 Å². The molecule has 0 saturated heterocycles. The van der Waals surface area contributed by atoms with Gasteiger partial charge < -0.3 is 10.6 Å². The van der Waals surface area contributed by atoms with Crippen LogP contribution in [0, 0.1) is 11.3 Å². The van der Waals surface area contributed by atoms with E-state index in [-0.39, 0.29) is 0 Å². The van der Waals surface area contributed by atoms with Crippen molar-refractivity contribution in [3.63, 3.8) is 0 Å². The van der Waals surface area contributed by atoms with E-state index < -0.39 is 0 Å². The highest BCUT2D eigenvalue weighted by molar-refractivity contribution is 6.31. The number of guanidine groups is 1. The maximum Gasteiger partial charge on any atom is 0.191 e. The fraction of sp³-hybridized carbons (Fsp3) is 0.222. The van der Waals surface area contributed by atoms with Crippen molar-refractivity contribution < 1.29 is 0 Å². The molecule has 2 rings (SSSR count). The third-order valence-electron chi connectivity index (χ3n) is 3.38. The lowest BCUT2D eigenvalue weighted by molar-refractivity contribution is 0.794. The van der Waals surface area contributed by atoms with Gasteiger partial charge in [0.05, 0.1) is 11.6 Å². The van der Waals surface area contributed by atoms with Crippen LogP contribution in [-0.4, -0.2) is 19.6 Å². The second kappa shape index (κ2) is 8.82.